The maximum absolute atomic E-state index is 13.6. The number of fused-ring (bicyclic) bond motifs is 3. The number of carbonyl (C=O) groups is 1. The van der Waals surface area contributed by atoms with Gasteiger partial charge in [-0.1, -0.05) is 48.2 Å². The van der Waals surface area contributed by atoms with Gasteiger partial charge in [-0.15, -0.1) is 10.2 Å². The first kappa shape index (κ1) is 23.3. The molecule has 3 aromatic carbocycles. The van der Waals surface area contributed by atoms with Crippen molar-refractivity contribution in [2.45, 2.75) is 31.2 Å². The van der Waals surface area contributed by atoms with Crippen LogP contribution >= 0.6 is 11.8 Å². The lowest BCUT2D eigenvalue weighted by Crippen LogP contribution is -2.24. The Morgan fingerprint density at radius 2 is 1.75 bits per heavy atom. The molecule has 178 valence electrons. The molecule has 0 aliphatic heterocycles. The second kappa shape index (κ2) is 9.32. The molecule has 1 amide bonds. The van der Waals surface area contributed by atoms with Crippen molar-refractivity contribution in [3.63, 3.8) is 0 Å². The predicted molar refractivity (Wildman–Crippen MR) is 141 cm³/mol. The summed E-state index contributed by atoms with van der Waals surface area (Å²) in [5.74, 6) is 0.146. The minimum Gasteiger partial charge on any atom is -0.325 e. The number of nitrogens with one attached hydrogen (secondary N) is 1. The number of hydrogen-bond donors (Lipinski definition) is 1. The summed E-state index contributed by atoms with van der Waals surface area (Å²) in [5.41, 5.74) is 4.16. The van der Waals surface area contributed by atoms with Gasteiger partial charge in [0.1, 0.15) is 0 Å². The van der Waals surface area contributed by atoms with E-state index in [0.717, 1.165) is 16.8 Å². The fraction of sp³-hybridized carbons (Fsp3) is 0.148. The first-order chi connectivity index (χ1) is 17.4. The summed E-state index contributed by atoms with van der Waals surface area (Å²) in [6.07, 6.45) is 0. The molecule has 2 aromatic heterocycles. The topological polar surface area (TPSA) is 105 Å². The number of aryl methyl sites for hydroxylation is 2. The molecule has 0 radical (unpaired) electrons. The SMILES string of the molecule is Cc1cccc(C)c1-n1c(=O)c2ccccc2n2c(SC(C)C(=O)Nc3cccc(C#N)c3)nnc12. The van der Waals surface area contributed by atoms with E-state index >= 15 is 0 Å². The molecule has 5 rings (SSSR count). The van der Waals surface area contributed by atoms with Crippen molar-refractivity contribution in [1.82, 2.24) is 19.2 Å². The average molecular weight is 495 g/mol. The molecule has 5 aromatic rings. The van der Waals surface area contributed by atoms with Crippen LogP contribution in [0.25, 0.3) is 22.4 Å². The summed E-state index contributed by atoms with van der Waals surface area (Å²) in [7, 11) is 0. The molecule has 8 nitrogen and oxygen atoms in total. The van der Waals surface area contributed by atoms with Crippen LogP contribution < -0.4 is 10.9 Å². The third kappa shape index (κ3) is 4.01. The number of thioether (sulfide) groups is 1. The molecule has 36 heavy (non-hydrogen) atoms. The number of benzene rings is 3. The minimum absolute atomic E-state index is 0.178. The molecule has 1 unspecified atom stereocenters. The van der Waals surface area contributed by atoms with E-state index in [0.29, 0.717) is 33.1 Å². The van der Waals surface area contributed by atoms with E-state index in [9.17, 15) is 9.59 Å². The third-order valence-electron chi connectivity index (χ3n) is 5.97. The van der Waals surface area contributed by atoms with Crippen molar-refractivity contribution in [2.24, 2.45) is 0 Å². The number of para-hydroxylation sites is 2. The van der Waals surface area contributed by atoms with Crippen LogP contribution in [0.1, 0.15) is 23.6 Å². The zero-order valence-corrected chi connectivity index (χ0v) is 20.7. The lowest BCUT2D eigenvalue weighted by molar-refractivity contribution is -0.115. The fourth-order valence-electron chi connectivity index (χ4n) is 4.24. The number of amides is 1. The van der Waals surface area contributed by atoms with E-state index in [4.69, 9.17) is 5.26 Å². The van der Waals surface area contributed by atoms with Crippen molar-refractivity contribution < 1.29 is 4.79 Å². The summed E-state index contributed by atoms with van der Waals surface area (Å²) in [6, 6.07) is 22.0. The first-order valence-electron chi connectivity index (χ1n) is 11.3. The number of aromatic nitrogens is 4. The van der Waals surface area contributed by atoms with Crippen LogP contribution in [-0.2, 0) is 4.79 Å². The summed E-state index contributed by atoms with van der Waals surface area (Å²) in [5, 5.41) is 21.2. The summed E-state index contributed by atoms with van der Waals surface area (Å²) in [6.45, 7) is 5.69. The van der Waals surface area contributed by atoms with Crippen LogP contribution in [-0.4, -0.2) is 30.3 Å². The van der Waals surface area contributed by atoms with Crippen LogP contribution in [0.15, 0.2) is 76.7 Å². The molecule has 0 aliphatic rings. The van der Waals surface area contributed by atoms with Gasteiger partial charge in [-0.3, -0.25) is 14.0 Å². The molecule has 0 bridgehead atoms. The van der Waals surface area contributed by atoms with E-state index in [2.05, 4.69) is 21.6 Å². The quantitative estimate of drug-likeness (QED) is 0.357. The fourth-order valence-corrected chi connectivity index (χ4v) is 5.09. The minimum atomic E-state index is -0.525. The predicted octanol–water partition coefficient (Wildman–Crippen LogP) is 4.64. The highest BCUT2D eigenvalue weighted by atomic mass is 32.2. The van der Waals surface area contributed by atoms with Crippen LogP contribution in [0.3, 0.4) is 0 Å². The third-order valence-corrected chi connectivity index (χ3v) is 7.01. The van der Waals surface area contributed by atoms with E-state index < -0.39 is 5.25 Å². The van der Waals surface area contributed by atoms with Gasteiger partial charge in [-0.05, 0) is 62.2 Å². The lowest BCUT2D eigenvalue weighted by atomic mass is 10.1. The summed E-state index contributed by atoms with van der Waals surface area (Å²) in [4.78, 5) is 26.6. The van der Waals surface area contributed by atoms with Crippen LogP contribution in [0.4, 0.5) is 5.69 Å². The number of nitrogens with zero attached hydrogens (tertiary/aromatic N) is 5. The number of anilines is 1. The van der Waals surface area contributed by atoms with Crippen molar-refractivity contribution in [2.75, 3.05) is 5.32 Å². The smallest absolute Gasteiger partial charge is 0.267 e. The Balaban J connectivity index is 1.60. The van der Waals surface area contributed by atoms with E-state index in [1.54, 1.807) is 41.8 Å². The molecule has 0 spiro atoms. The summed E-state index contributed by atoms with van der Waals surface area (Å²) >= 11 is 1.25. The Morgan fingerprint density at radius 3 is 2.50 bits per heavy atom. The van der Waals surface area contributed by atoms with Crippen LogP contribution in [0.5, 0.6) is 0 Å². The van der Waals surface area contributed by atoms with Gasteiger partial charge in [0, 0.05) is 5.69 Å². The normalized spacial score (nSPS) is 11.9. The van der Waals surface area contributed by atoms with E-state index in [1.165, 1.54) is 11.8 Å². The van der Waals surface area contributed by atoms with Gasteiger partial charge in [0.15, 0.2) is 5.16 Å². The molecule has 1 N–H and O–H groups in total. The molecule has 0 saturated carbocycles. The summed E-state index contributed by atoms with van der Waals surface area (Å²) < 4.78 is 3.43. The Morgan fingerprint density at radius 1 is 1.03 bits per heavy atom. The van der Waals surface area contributed by atoms with Crippen molar-refractivity contribution >= 4 is 40.0 Å². The van der Waals surface area contributed by atoms with Gasteiger partial charge in [0.25, 0.3) is 5.56 Å². The van der Waals surface area contributed by atoms with Crippen LogP contribution in [0, 0.1) is 25.2 Å². The highest BCUT2D eigenvalue weighted by molar-refractivity contribution is 8.00. The Bertz CT molecular complexity index is 1730. The van der Waals surface area contributed by atoms with Gasteiger partial charge in [0.2, 0.25) is 11.7 Å². The average Bonchev–Trinajstić information content (AvgIpc) is 3.29. The largest absolute Gasteiger partial charge is 0.325 e. The van der Waals surface area contributed by atoms with Crippen molar-refractivity contribution in [1.29, 1.82) is 5.26 Å². The molecule has 9 heteroatoms. The lowest BCUT2D eigenvalue weighted by Gasteiger charge is -2.16. The van der Waals surface area contributed by atoms with Gasteiger partial charge < -0.3 is 5.32 Å². The van der Waals surface area contributed by atoms with Crippen LogP contribution in [0.2, 0.25) is 0 Å². The molecular formula is C27H22N6O2S. The second-order valence-corrected chi connectivity index (χ2v) is 9.77. The van der Waals surface area contributed by atoms with Gasteiger partial charge in [0.05, 0.1) is 33.5 Å². The highest BCUT2D eigenvalue weighted by Crippen LogP contribution is 2.28. The second-order valence-electron chi connectivity index (χ2n) is 8.46. The first-order valence-corrected chi connectivity index (χ1v) is 12.2. The number of carbonyl (C=O) groups excluding carboxylic acids is 1. The molecule has 0 fully saturated rings. The maximum atomic E-state index is 13.6. The monoisotopic (exact) mass is 494 g/mol. The molecule has 0 aliphatic carbocycles. The molecule has 0 saturated heterocycles. The maximum Gasteiger partial charge on any atom is 0.267 e. The number of rotatable bonds is 5. The van der Waals surface area contributed by atoms with E-state index in [-0.39, 0.29) is 11.5 Å². The number of nitriles is 1. The van der Waals surface area contributed by atoms with Gasteiger partial charge in [-0.2, -0.15) is 5.26 Å². The zero-order chi connectivity index (χ0) is 25.4. The van der Waals surface area contributed by atoms with Gasteiger partial charge in [-0.25, -0.2) is 4.57 Å². The Labute approximate surface area is 211 Å². The highest BCUT2D eigenvalue weighted by Gasteiger charge is 2.23. The van der Waals surface area contributed by atoms with Crippen molar-refractivity contribution in [3.8, 4) is 11.8 Å². The van der Waals surface area contributed by atoms with E-state index in [1.807, 2.05) is 54.6 Å². The standard InChI is InChI=1S/C27H22N6O2S/c1-16-8-6-9-17(2)23(16)33-25(35)21-12-4-5-13-22(21)32-26(33)30-31-27(32)36-18(3)24(34)29-20-11-7-10-19(14-20)15-28/h4-14,18H,1-3H3,(H,29,34). The molecule has 1 atom stereocenters. The Kier molecular flexibility index (Phi) is 6.04. The number of hydrogen-bond acceptors (Lipinski definition) is 6. The van der Waals surface area contributed by atoms with Gasteiger partial charge >= 0.3 is 0 Å². The zero-order valence-electron chi connectivity index (χ0n) is 19.9. The van der Waals surface area contributed by atoms with Crippen molar-refractivity contribution in [3.05, 3.63) is 93.8 Å². The Hall–Kier alpha value is -4.42. The molecule has 2 heterocycles. The molecular weight excluding hydrogens is 472 g/mol.